The van der Waals surface area contributed by atoms with Gasteiger partial charge in [0.2, 0.25) is 0 Å². The minimum absolute atomic E-state index is 0.380. The van der Waals surface area contributed by atoms with Gasteiger partial charge in [0.05, 0.1) is 0 Å². The SMILES string of the molecule is O=C(O)C1CCCCN1C(=O)Nc1ccc(Cl)cc1. The number of carbonyl (C=O) groups excluding carboxylic acids is 1. The highest BCUT2D eigenvalue weighted by molar-refractivity contribution is 6.30. The molecule has 1 aliphatic rings. The molecule has 102 valence electrons. The van der Waals surface area contributed by atoms with E-state index in [1.54, 1.807) is 24.3 Å². The third kappa shape index (κ3) is 3.38. The van der Waals surface area contributed by atoms with Gasteiger partial charge in [0.15, 0.2) is 0 Å². The van der Waals surface area contributed by atoms with Gasteiger partial charge < -0.3 is 15.3 Å². The zero-order chi connectivity index (χ0) is 13.8. The molecule has 1 heterocycles. The molecule has 1 aliphatic heterocycles. The highest BCUT2D eigenvalue weighted by Gasteiger charge is 2.31. The lowest BCUT2D eigenvalue weighted by Gasteiger charge is -2.32. The number of piperidine rings is 1. The average Bonchev–Trinajstić information content (AvgIpc) is 2.41. The molecule has 5 nitrogen and oxygen atoms in total. The van der Waals surface area contributed by atoms with E-state index in [9.17, 15) is 9.59 Å². The molecule has 1 aromatic rings. The van der Waals surface area contributed by atoms with E-state index in [-0.39, 0.29) is 6.03 Å². The van der Waals surface area contributed by atoms with E-state index in [1.807, 2.05) is 0 Å². The number of carbonyl (C=O) groups is 2. The molecular formula is C13H15ClN2O3. The molecule has 1 fully saturated rings. The largest absolute Gasteiger partial charge is 0.480 e. The van der Waals surface area contributed by atoms with Crippen LogP contribution in [-0.2, 0) is 4.79 Å². The number of rotatable bonds is 2. The smallest absolute Gasteiger partial charge is 0.326 e. The number of nitrogens with one attached hydrogen (secondary N) is 1. The molecule has 2 N–H and O–H groups in total. The van der Waals surface area contributed by atoms with Crippen LogP contribution >= 0.6 is 11.6 Å². The first-order valence-corrected chi connectivity index (χ1v) is 6.52. The predicted molar refractivity (Wildman–Crippen MR) is 72.5 cm³/mol. The highest BCUT2D eigenvalue weighted by atomic mass is 35.5. The number of amides is 2. The fourth-order valence-corrected chi connectivity index (χ4v) is 2.29. The molecule has 6 heteroatoms. The molecule has 1 aromatic carbocycles. The summed E-state index contributed by atoms with van der Waals surface area (Å²) in [5, 5.41) is 12.4. The van der Waals surface area contributed by atoms with Crippen molar-refractivity contribution in [3.63, 3.8) is 0 Å². The topological polar surface area (TPSA) is 69.6 Å². The zero-order valence-electron chi connectivity index (χ0n) is 10.3. The van der Waals surface area contributed by atoms with Gasteiger partial charge in [-0.05, 0) is 43.5 Å². The normalized spacial score (nSPS) is 19.0. The molecule has 19 heavy (non-hydrogen) atoms. The van der Waals surface area contributed by atoms with Gasteiger partial charge in [-0.15, -0.1) is 0 Å². The first kappa shape index (κ1) is 13.7. The summed E-state index contributed by atoms with van der Waals surface area (Å²) in [6.45, 7) is 0.469. The van der Waals surface area contributed by atoms with Crippen LogP contribution in [0.15, 0.2) is 24.3 Å². The summed E-state index contributed by atoms with van der Waals surface area (Å²) in [7, 11) is 0. The van der Waals surface area contributed by atoms with Gasteiger partial charge in [0.1, 0.15) is 6.04 Å². The molecule has 2 rings (SSSR count). The number of likely N-dealkylation sites (tertiary alicyclic amines) is 1. The monoisotopic (exact) mass is 282 g/mol. The van der Waals surface area contributed by atoms with Crippen molar-refractivity contribution in [3.05, 3.63) is 29.3 Å². The number of carboxylic acids is 1. The van der Waals surface area contributed by atoms with Crippen molar-refractivity contribution in [3.8, 4) is 0 Å². The number of nitrogens with zero attached hydrogens (tertiary/aromatic N) is 1. The minimum atomic E-state index is -0.953. The summed E-state index contributed by atoms with van der Waals surface area (Å²) in [6, 6.07) is 5.58. The van der Waals surface area contributed by atoms with Crippen molar-refractivity contribution in [1.29, 1.82) is 0 Å². The summed E-state index contributed by atoms with van der Waals surface area (Å²) < 4.78 is 0. The Balaban J connectivity index is 2.05. The summed E-state index contributed by atoms with van der Waals surface area (Å²) >= 11 is 5.76. The summed E-state index contributed by atoms with van der Waals surface area (Å²) in [4.78, 5) is 24.6. The third-order valence-corrected chi connectivity index (χ3v) is 3.40. The van der Waals surface area contributed by atoms with Crippen LogP contribution in [0.1, 0.15) is 19.3 Å². The fraction of sp³-hybridized carbons (Fsp3) is 0.385. The molecule has 1 unspecified atom stereocenters. The Labute approximate surface area is 116 Å². The van der Waals surface area contributed by atoms with E-state index in [4.69, 9.17) is 16.7 Å². The third-order valence-electron chi connectivity index (χ3n) is 3.14. The van der Waals surface area contributed by atoms with Gasteiger partial charge in [-0.25, -0.2) is 9.59 Å². The Kier molecular flexibility index (Phi) is 4.27. The maximum absolute atomic E-state index is 12.1. The number of urea groups is 1. The van der Waals surface area contributed by atoms with Crippen LogP contribution in [0.25, 0.3) is 0 Å². The first-order chi connectivity index (χ1) is 9.08. The number of carboxylic acid groups (broad SMARTS) is 1. The van der Waals surface area contributed by atoms with Crippen LogP contribution in [0.5, 0.6) is 0 Å². The van der Waals surface area contributed by atoms with Gasteiger partial charge in [-0.1, -0.05) is 11.6 Å². The molecule has 0 radical (unpaired) electrons. The Morgan fingerprint density at radius 3 is 2.58 bits per heavy atom. The maximum Gasteiger partial charge on any atom is 0.326 e. The van der Waals surface area contributed by atoms with Crippen molar-refractivity contribution in [2.24, 2.45) is 0 Å². The second-order valence-electron chi connectivity index (χ2n) is 4.48. The highest BCUT2D eigenvalue weighted by Crippen LogP contribution is 2.19. The molecule has 1 saturated heterocycles. The number of benzene rings is 1. The van der Waals surface area contributed by atoms with Crippen molar-refractivity contribution in [2.75, 3.05) is 11.9 Å². The predicted octanol–water partition coefficient (Wildman–Crippen LogP) is 2.81. The number of hydrogen-bond donors (Lipinski definition) is 2. The van der Waals surface area contributed by atoms with E-state index >= 15 is 0 Å². The molecule has 0 saturated carbocycles. The Hall–Kier alpha value is -1.75. The van der Waals surface area contributed by atoms with Gasteiger partial charge in [0.25, 0.3) is 0 Å². The molecule has 2 amide bonds. The molecule has 1 atom stereocenters. The fourth-order valence-electron chi connectivity index (χ4n) is 2.16. The maximum atomic E-state index is 12.1. The molecule has 0 bridgehead atoms. The quantitative estimate of drug-likeness (QED) is 0.876. The molecule has 0 spiro atoms. The Morgan fingerprint density at radius 1 is 1.26 bits per heavy atom. The minimum Gasteiger partial charge on any atom is -0.480 e. The number of halogens is 1. The number of hydrogen-bond acceptors (Lipinski definition) is 2. The summed E-state index contributed by atoms with van der Waals surface area (Å²) in [6.07, 6.45) is 2.17. The van der Waals surface area contributed by atoms with Gasteiger partial charge in [0, 0.05) is 17.3 Å². The lowest BCUT2D eigenvalue weighted by Crippen LogP contribution is -2.49. The van der Waals surface area contributed by atoms with E-state index in [0.29, 0.717) is 23.7 Å². The van der Waals surface area contributed by atoms with Crippen LogP contribution in [0.2, 0.25) is 5.02 Å². The van der Waals surface area contributed by atoms with E-state index < -0.39 is 12.0 Å². The Morgan fingerprint density at radius 2 is 1.95 bits per heavy atom. The number of anilines is 1. The van der Waals surface area contributed by atoms with Crippen LogP contribution < -0.4 is 5.32 Å². The average molecular weight is 283 g/mol. The molecule has 0 aromatic heterocycles. The van der Waals surface area contributed by atoms with Gasteiger partial charge in [-0.3, -0.25) is 0 Å². The molecule has 0 aliphatic carbocycles. The van der Waals surface area contributed by atoms with Crippen LogP contribution in [-0.4, -0.2) is 34.6 Å². The number of aliphatic carboxylic acids is 1. The second-order valence-corrected chi connectivity index (χ2v) is 4.92. The van der Waals surface area contributed by atoms with Crippen LogP contribution in [0.3, 0.4) is 0 Å². The standard InChI is InChI=1S/C13H15ClN2O3/c14-9-4-6-10(7-5-9)15-13(19)16-8-2-1-3-11(16)12(17)18/h4-7,11H,1-3,8H2,(H,15,19)(H,17,18). The summed E-state index contributed by atoms with van der Waals surface area (Å²) in [5.74, 6) is -0.953. The van der Waals surface area contributed by atoms with E-state index in [1.165, 1.54) is 4.90 Å². The van der Waals surface area contributed by atoms with Crippen LogP contribution in [0.4, 0.5) is 10.5 Å². The van der Waals surface area contributed by atoms with E-state index in [2.05, 4.69) is 5.32 Å². The molecular weight excluding hydrogens is 268 g/mol. The van der Waals surface area contributed by atoms with Crippen molar-refractivity contribution in [2.45, 2.75) is 25.3 Å². The van der Waals surface area contributed by atoms with Crippen molar-refractivity contribution in [1.82, 2.24) is 4.90 Å². The van der Waals surface area contributed by atoms with Crippen molar-refractivity contribution >= 4 is 29.3 Å². The first-order valence-electron chi connectivity index (χ1n) is 6.14. The van der Waals surface area contributed by atoms with Gasteiger partial charge in [-0.2, -0.15) is 0 Å². The Bertz CT molecular complexity index is 475. The van der Waals surface area contributed by atoms with Gasteiger partial charge >= 0.3 is 12.0 Å². The summed E-state index contributed by atoms with van der Waals surface area (Å²) in [5.41, 5.74) is 0.601. The van der Waals surface area contributed by atoms with Crippen molar-refractivity contribution < 1.29 is 14.7 Å². The van der Waals surface area contributed by atoms with Crippen LogP contribution in [0, 0.1) is 0 Å². The lowest BCUT2D eigenvalue weighted by molar-refractivity contribution is -0.143. The van der Waals surface area contributed by atoms with E-state index in [0.717, 1.165) is 12.8 Å². The second kappa shape index (κ2) is 5.93. The lowest BCUT2D eigenvalue weighted by atomic mass is 10.0. The zero-order valence-corrected chi connectivity index (χ0v) is 11.1.